The van der Waals surface area contributed by atoms with Gasteiger partial charge in [0, 0.05) is 12.6 Å². The first-order chi connectivity index (χ1) is 8.01. The molecule has 1 atom stereocenters. The molecule has 0 radical (unpaired) electrons. The number of nitrogens with zero attached hydrogens (tertiary/aromatic N) is 1. The number of aliphatic carboxylic acids is 1. The van der Waals surface area contributed by atoms with Crippen molar-refractivity contribution >= 4 is 15.8 Å². The summed E-state index contributed by atoms with van der Waals surface area (Å²) in [5, 5.41) is 8.83. The third-order valence-electron chi connectivity index (χ3n) is 3.13. The Bertz CT molecular complexity index is 370. The molecule has 18 heavy (non-hydrogen) atoms. The predicted molar refractivity (Wildman–Crippen MR) is 72.5 cm³/mol. The normalized spacial score (nSPS) is 14.8. The molecule has 5 nitrogen and oxygen atoms in total. The molecule has 0 amide bonds. The Kier molecular flexibility index (Phi) is 6.29. The van der Waals surface area contributed by atoms with Gasteiger partial charge in [-0.3, -0.25) is 9.69 Å². The van der Waals surface area contributed by atoms with E-state index in [0.29, 0.717) is 0 Å². The molecular formula is C12H25NO4S. The second-order valence-corrected chi connectivity index (χ2v) is 8.42. The van der Waals surface area contributed by atoms with Crippen LogP contribution in [-0.2, 0) is 14.6 Å². The van der Waals surface area contributed by atoms with Gasteiger partial charge in [-0.1, -0.05) is 6.92 Å². The highest BCUT2D eigenvalue weighted by Gasteiger charge is 2.29. The molecule has 1 unspecified atom stereocenters. The molecule has 1 N–H and O–H groups in total. The molecule has 0 spiro atoms. The van der Waals surface area contributed by atoms with Gasteiger partial charge in [-0.15, -0.1) is 0 Å². The first-order valence-electron chi connectivity index (χ1n) is 6.19. The Morgan fingerprint density at radius 1 is 1.33 bits per heavy atom. The number of hydrogen-bond acceptors (Lipinski definition) is 4. The average molecular weight is 279 g/mol. The van der Waals surface area contributed by atoms with Crippen LogP contribution in [0, 0.1) is 0 Å². The van der Waals surface area contributed by atoms with Crippen LogP contribution in [-0.4, -0.2) is 54.0 Å². The monoisotopic (exact) mass is 279 g/mol. The van der Waals surface area contributed by atoms with Crippen LogP contribution in [0.3, 0.4) is 0 Å². The number of carboxylic acid groups (broad SMARTS) is 1. The lowest BCUT2D eigenvalue weighted by molar-refractivity contribution is -0.138. The zero-order valence-electron chi connectivity index (χ0n) is 11.9. The fourth-order valence-corrected chi connectivity index (χ4v) is 2.52. The molecule has 0 saturated heterocycles. The van der Waals surface area contributed by atoms with E-state index in [1.54, 1.807) is 25.7 Å². The second-order valence-electron chi connectivity index (χ2n) is 5.55. The highest BCUT2D eigenvalue weighted by molar-refractivity contribution is 7.92. The van der Waals surface area contributed by atoms with E-state index in [4.69, 9.17) is 5.11 Å². The van der Waals surface area contributed by atoms with Crippen molar-refractivity contribution in [3.8, 4) is 0 Å². The summed E-state index contributed by atoms with van der Waals surface area (Å²) in [6, 6.07) is 0.0660. The molecule has 0 heterocycles. The number of hydrogen-bond donors (Lipinski definition) is 1. The molecule has 0 aliphatic carbocycles. The van der Waals surface area contributed by atoms with E-state index in [9.17, 15) is 13.2 Å². The van der Waals surface area contributed by atoms with Crippen molar-refractivity contribution in [2.45, 2.75) is 51.8 Å². The van der Waals surface area contributed by atoms with Crippen LogP contribution < -0.4 is 0 Å². The van der Waals surface area contributed by atoms with Gasteiger partial charge in [0.05, 0.1) is 17.0 Å². The quantitative estimate of drug-likeness (QED) is 0.762. The van der Waals surface area contributed by atoms with E-state index in [-0.39, 0.29) is 24.9 Å². The summed E-state index contributed by atoms with van der Waals surface area (Å²) in [6.45, 7) is 8.99. The summed E-state index contributed by atoms with van der Waals surface area (Å²) < 4.78 is 23.2. The van der Waals surface area contributed by atoms with Gasteiger partial charge >= 0.3 is 5.97 Å². The van der Waals surface area contributed by atoms with E-state index in [2.05, 4.69) is 0 Å². The standard InChI is InChI=1S/C12H25NO4S/c1-6-10(2)13(9-11(14)15)7-8-18(16,17)12(3,4)5/h10H,6-9H2,1-5H3,(H,14,15). The van der Waals surface area contributed by atoms with Crippen LogP contribution in [0.4, 0.5) is 0 Å². The molecule has 0 saturated carbocycles. The van der Waals surface area contributed by atoms with Gasteiger partial charge in [-0.25, -0.2) is 8.42 Å². The maximum atomic E-state index is 12.0. The summed E-state index contributed by atoms with van der Waals surface area (Å²) in [5.74, 6) is -0.933. The fourth-order valence-electron chi connectivity index (χ4n) is 1.43. The van der Waals surface area contributed by atoms with Crippen molar-refractivity contribution in [1.29, 1.82) is 0 Å². The van der Waals surface area contributed by atoms with Crippen molar-refractivity contribution in [3.05, 3.63) is 0 Å². The Morgan fingerprint density at radius 2 is 1.83 bits per heavy atom. The lowest BCUT2D eigenvalue weighted by atomic mass is 10.2. The number of rotatable bonds is 7. The molecule has 0 aliphatic heterocycles. The first kappa shape index (κ1) is 17.4. The maximum absolute atomic E-state index is 12.0. The Balaban J connectivity index is 4.68. The zero-order valence-corrected chi connectivity index (χ0v) is 12.7. The topological polar surface area (TPSA) is 74.7 Å². The molecular weight excluding hydrogens is 254 g/mol. The van der Waals surface area contributed by atoms with Crippen molar-refractivity contribution in [3.63, 3.8) is 0 Å². The van der Waals surface area contributed by atoms with Gasteiger partial charge in [-0.05, 0) is 34.1 Å². The molecule has 0 aliphatic rings. The van der Waals surface area contributed by atoms with Gasteiger partial charge in [0.25, 0.3) is 0 Å². The van der Waals surface area contributed by atoms with Crippen LogP contribution in [0.2, 0.25) is 0 Å². The van der Waals surface area contributed by atoms with Crippen LogP contribution in [0.15, 0.2) is 0 Å². The van der Waals surface area contributed by atoms with Gasteiger partial charge < -0.3 is 5.11 Å². The highest BCUT2D eigenvalue weighted by atomic mass is 32.2. The molecule has 0 aromatic rings. The van der Waals surface area contributed by atoms with Crippen molar-refractivity contribution in [2.75, 3.05) is 18.8 Å². The second kappa shape index (κ2) is 6.52. The molecule has 6 heteroatoms. The predicted octanol–water partition coefficient (Wildman–Crippen LogP) is 1.38. The van der Waals surface area contributed by atoms with E-state index < -0.39 is 20.6 Å². The number of carbonyl (C=O) groups is 1. The molecule has 108 valence electrons. The van der Waals surface area contributed by atoms with E-state index in [1.165, 1.54) is 0 Å². The summed E-state index contributed by atoms with van der Waals surface area (Å²) >= 11 is 0. The van der Waals surface area contributed by atoms with Gasteiger partial charge in [-0.2, -0.15) is 0 Å². The number of carboxylic acids is 1. The van der Waals surface area contributed by atoms with Crippen LogP contribution in [0.5, 0.6) is 0 Å². The fraction of sp³-hybridized carbons (Fsp3) is 0.917. The Hall–Kier alpha value is -0.620. The van der Waals surface area contributed by atoms with Crippen molar-refractivity contribution in [2.24, 2.45) is 0 Å². The van der Waals surface area contributed by atoms with Gasteiger partial charge in [0.15, 0.2) is 9.84 Å². The minimum absolute atomic E-state index is 0.00583. The van der Waals surface area contributed by atoms with Gasteiger partial charge in [0.1, 0.15) is 0 Å². The number of sulfone groups is 1. The summed E-state index contributed by atoms with van der Waals surface area (Å²) in [4.78, 5) is 12.5. The highest BCUT2D eigenvalue weighted by Crippen LogP contribution is 2.16. The average Bonchev–Trinajstić information content (AvgIpc) is 2.21. The summed E-state index contributed by atoms with van der Waals surface area (Å²) in [6.07, 6.45) is 0.794. The van der Waals surface area contributed by atoms with Crippen LogP contribution >= 0.6 is 0 Å². The van der Waals surface area contributed by atoms with Crippen LogP contribution in [0.25, 0.3) is 0 Å². The third kappa shape index (κ3) is 5.35. The van der Waals surface area contributed by atoms with Gasteiger partial charge in [0.2, 0.25) is 0 Å². The largest absolute Gasteiger partial charge is 0.480 e. The summed E-state index contributed by atoms with van der Waals surface area (Å²) in [5.41, 5.74) is 0. The molecule has 0 aromatic heterocycles. The Labute approximate surface area is 110 Å². The molecule has 0 rings (SSSR count). The van der Waals surface area contributed by atoms with E-state index in [0.717, 1.165) is 6.42 Å². The third-order valence-corrected chi connectivity index (χ3v) is 5.72. The smallest absolute Gasteiger partial charge is 0.317 e. The lowest BCUT2D eigenvalue weighted by Gasteiger charge is -2.28. The summed E-state index contributed by atoms with van der Waals surface area (Å²) in [7, 11) is -3.20. The lowest BCUT2D eigenvalue weighted by Crippen LogP contribution is -2.42. The van der Waals surface area contributed by atoms with Crippen molar-refractivity contribution in [1.82, 2.24) is 4.90 Å². The van der Waals surface area contributed by atoms with Crippen molar-refractivity contribution < 1.29 is 18.3 Å². The maximum Gasteiger partial charge on any atom is 0.317 e. The van der Waals surface area contributed by atoms with E-state index in [1.807, 2.05) is 13.8 Å². The SMILES string of the molecule is CCC(C)N(CCS(=O)(=O)C(C)(C)C)CC(=O)O. The zero-order chi connectivity index (χ0) is 14.6. The Morgan fingerprint density at radius 3 is 2.17 bits per heavy atom. The molecule has 0 aromatic carbocycles. The minimum atomic E-state index is -3.20. The van der Waals surface area contributed by atoms with Crippen LogP contribution in [0.1, 0.15) is 41.0 Å². The first-order valence-corrected chi connectivity index (χ1v) is 7.84. The molecule has 0 fully saturated rings. The minimum Gasteiger partial charge on any atom is -0.480 e. The molecule has 0 bridgehead atoms. The van der Waals surface area contributed by atoms with E-state index >= 15 is 0 Å².